The van der Waals surface area contributed by atoms with E-state index in [-0.39, 0.29) is 5.11 Å². The highest BCUT2D eigenvalue weighted by Crippen LogP contribution is 2.07. The minimum atomic E-state index is -0.652. The maximum atomic E-state index is 10.4. The predicted molar refractivity (Wildman–Crippen MR) is 62.9 cm³/mol. The molecule has 0 unspecified atom stereocenters. The molecular formula is C10H9N3OS. The molecule has 0 bridgehead atoms. The summed E-state index contributed by atoms with van der Waals surface area (Å²) in [6.45, 7) is 0. The van der Waals surface area contributed by atoms with Crippen LogP contribution in [0.5, 0.6) is 0 Å². The van der Waals surface area contributed by atoms with Gasteiger partial charge in [-0.25, -0.2) is 0 Å². The van der Waals surface area contributed by atoms with Crippen LogP contribution in [0.4, 0.5) is 5.69 Å². The summed E-state index contributed by atoms with van der Waals surface area (Å²) in [5.74, 6) is 4.20. The topological polar surface area (TPSA) is 81.1 Å². The van der Waals surface area contributed by atoms with Gasteiger partial charge in [0.2, 0.25) is 0 Å². The number of carbonyl (C=O) groups excluding carboxylic acids is 1. The van der Waals surface area contributed by atoms with Crippen molar-refractivity contribution in [2.24, 2.45) is 11.5 Å². The quantitative estimate of drug-likeness (QED) is 0.465. The lowest BCUT2D eigenvalue weighted by Gasteiger charge is -2.02. The van der Waals surface area contributed by atoms with Gasteiger partial charge in [0.15, 0.2) is 5.11 Å². The van der Waals surface area contributed by atoms with Crippen LogP contribution in [0.1, 0.15) is 5.56 Å². The second-order valence-corrected chi connectivity index (χ2v) is 3.12. The number of nitrogens with two attached hydrogens (primary N) is 2. The van der Waals surface area contributed by atoms with Crippen LogP contribution in [0.2, 0.25) is 0 Å². The lowest BCUT2D eigenvalue weighted by atomic mass is 10.2. The van der Waals surface area contributed by atoms with Gasteiger partial charge in [0, 0.05) is 11.3 Å². The SMILES string of the molecule is NC(=O)C#Cc1ccc(NC(N)=S)cc1. The van der Waals surface area contributed by atoms with Crippen LogP contribution in [-0.2, 0) is 4.79 Å². The van der Waals surface area contributed by atoms with E-state index in [2.05, 4.69) is 29.4 Å². The lowest BCUT2D eigenvalue weighted by molar-refractivity contribution is -0.112. The first-order valence-corrected chi connectivity index (χ1v) is 4.47. The number of hydrogen-bond acceptors (Lipinski definition) is 2. The Hall–Kier alpha value is -2.06. The zero-order chi connectivity index (χ0) is 11.3. The van der Waals surface area contributed by atoms with Crippen molar-refractivity contribution in [1.82, 2.24) is 0 Å². The molecule has 0 heterocycles. The van der Waals surface area contributed by atoms with Crippen molar-refractivity contribution in [1.29, 1.82) is 0 Å². The third-order valence-electron chi connectivity index (χ3n) is 1.48. The molecule has 0 aromatic heterocycles. The fourth-order valence-corrected chi connectivity index (χ4v) is 1.03. The van der Waals surface area contributed by atoms with Crippen molar-refractivity contribution in [2.45, 2.75) is 0 Å². The number of benzene rings is 1. The van der Waals surface area contributed by atoms with Crippen molar-refractivity contribution in [2.75, 3.05) is 5.32 Å². The molecule has 0 aliphatic rings. The van der Waals surface area contributed by atoms with Gasteiger partial charge in [0.1, 0.15) is 0 Å². The minimum Gasteiger partial charge on any atom is -0.376 e. The molecule has 0 fully saturated rings. The van der Waals surface area contributed by atoms with Crippen LogP contribution < -0.4 is 16.8 Å². The van der Waals surface area contributed by atoms with E-state index >= 15 is 0 Å². The van der Waals surface area contributed by atoms with Gasteiger partial charge in [0.05, 0.1) is 0 Å². The summed E-state index contributed by atoms with van der Waals surface area (Å²) in [4.78, 5) is 10.4. The largest absolute Gasteiger partial charge is 0.376 e. The van der Waals surface area contributed by atoms with E-state index in [1.165, 1.54) is 0 Å². The first-order chi connectivity index (χ1) is 7.08. The average Bonchev–Trinajstić information content (AvgIpc) is 2.16. The molecule has 0 aliphatic heterocycles. The Morgan fingerprint density at radius 2 is 1.87 bits per heavy atom. The van der Waals surface area contributed by atoms with E-state index in [1.807, 2.05) is 0 Å². The number of carbonyl (C=O) groups is 1. The number of primary amides is 1. The second-order valence-electron chi connectivity index (χ2n) is 2.68. The van der Waals surface area contributed by atoms with Crippen LogP contribution >= 0.6 is 12.2 Å². The molecule has 4 nitrogen and oxygen atoms in total. The zero-order valence-electron chi connectivity index (χ0n) is 7.78. The van der Waals surface area contributed by atoms with Gasteiger partial charge in [-0.2, -0.15) is 0 Å². The highest BCUT2D eigenvalue weighted by Gasteiger charge is 1.92. The molecule has 76 valence electrons. The summed E-state index contributed by atoms with van der Waals surface area (Å²) in [7, 11) is 0. The third-order valence-corrected chi connectivity index (χ3v) is 1.58. The summed E-state index contributed by atoms with van der Waals surface area (Å²) >= 11 is 4.67. The predicted octanol–water partition coefficient (Wildman–Crippen LogP) is 0.179. The van der Waals surface area contributed by atoms with E-state index in [0.29, 0.717) is 5.56 Å². The van der Waals surface area contributed by atoms with Crippen molar-refractivity contribution >= 4 is 28.9 Å². The minimum absolute atomic E-state index is 0.200. The van der Waals surface area contributed by atoms with Gasteiger partial charge < -0.3 is 16.8 Å². The Morgan fingerprint density at radius 3 is 2.33 bits per heavy atom. The van der Waals surface area contributed by atoms with Gasteiger partial charge in [-0.15, -0.1) is 0 Å². The van der Waals surface area contributed by atoms with Gasteiger partial charge in [0.25, 0.3) is 5.91 Å². The molecule has 5 heteroatoms. The Balaban J connectivity index is 2.78. The number of amides is 1. The fraction of sp³-hybridized carbons (Fsp3) is 0. The molecule has 15 heavy (non-hydrogen) atoms. The number of thiocarbonyl (C=S) groups is 1. The summed E-state index contributed by atoms with van der Waals surface area (Å²) in [6, 6.07) is 6.97. The highest BCUT2D eigenvalue weighted by atomic mass is 32.1. The maximum absolute atomic E-state index is 10.4. The maximum Gasteiger partial charge on any atom is 0.293 e. The van der Waals surface area contributed by atoms with Crippen molar-refractivity contribution < 1.29 is 4.79 Å². The Bertz CT molecular complexity index is 442. The monoisotopic (exact) mass is 219 g/mol. The van der Waals surface area contributed by atoms with E-state index in [0.717, 1.165) is 5.69 Å². The molecule has 0 radical (unpaired) electrons. The molecule has 1 aromatic rings. The van der Waals surface area contributed by atoms with Crippen LogP contribution in [0.25, 0.3) is 0 Å². The molecule has 1 amide bonds. The van der Waals surface area contributed by atoms with Gasteiger partial charge in [-0.1, -0.05) is 5.92 Å². The van der Waals surface area contributed by atoms with Crippen LogP contribution in [-0.4, -0.2) is 11.0 Å². The highest BCUT2D eigenvalue weighted by molar-refractivity contribution is 7.80. The molecule has 5 N–H and O–H groups in total. The van der Waals surface area contributed by atoms with E-state index in [9.17, 15) is 4.79 Å². The molecule has 0 saturated heterocycles. The zero-order valence-corrected chi connectivity index (χ0v) is 8.60. The smallest absolute Gasteiger partial charge is 0.293 e. The number of rotatable bonds is 1. The van der Waals surface area contributed by atoms with E-state index < -0.39 is 5.91 Å². The Morgan fingerprint density at radius 1 is 1.27 bits per heavy atom. The van der Waals surface area contributed by atoms with Gasteiger partial charge in [-0.05, 0) is 42.4 Å². The van der Waals surface area contributed by atoms with Gasteiger partial charge in [-0.3, -0.25) is 4.79 Å². The molecule has 1 rings (SSSR count). The fourth-order valence-electron chi connectivity index (χ4n) is 0.913. The first-order valence-electron chi connectivity index (χ1n) is 4.06. The molecule has 0 aliphatic carbocycles. The van der Waals surface area contributed by atoms with E-state index in [1.54, 1.807) is 24.3 Å². The molecule has 0 atom stereocenters. The first kappa shape index (κ1) is 11.0. The summed E-state index contributed by atoms with van der Waals surface area (Å²) in [5, 5.41) is 2.97. The second kappa shape index (κ2) is 4.98. The van der Waals surface area contributed by atoms with Crippen molar-refractivity contribution in [3.8, 4) is 11.8 Å². The number of anilines is 1. The lowest BCUT2D eigenvalue weighted by Crippen LogP contribution is -2.18. The summed E-state index contributed by atoms with van der Waals surface area (Å²) in [5.41, 5.74) is 11.6. The Labute approximate surface area is 92.6 Å². The van der Waals surface area contributed by atoms with E-state index in [4.69, 9.17) is 11.5 Å². The summed E-state index contributed by atoms with van der Waals surface area (Å²) < 4.78 is 0. The standard InChI is InChI=1S/C10H9N3OS/c11-9(14)6-3-7-1-4-8(5-2-7)13-10(12)15/h1-2,4-5H,(H2,11,14)(H3,12,13,15). The summed E-state index contributed by atoms with van der Waals surface area (Å²) in [6.07, 6.45) is 0. The third kappa shape index (κ3) is 4.11. The number of nitrogens with one attached hydrogen (secondary N) is 1. The molecule has 0 spiro atoms. The normalized spacial score (nSPS) is 8.53. The van der Waals surface area contributed by atoms with Crippen molar-refractivity contribution in [3.63, 3.8) is 0 Å². The van der Waals surface area contributed by atoms with Crippen LogP contribution in [0, 0.1) is 11.8 Å². The number of hydrogen-bond donors (Lipinski definition) is 3. The van der Waals surface area contributed by atoms with Crippen LogP contribution in [0.3, 0.4) is 0 Å². The molecule has 1 aromatic carbocycles. The van der Waals surface area contributed by atoms with Gasteiger partial charge >= 0.3 is 0 Å². The average molecular weight is 219 g/mol. The van der Waals surface area contributed by atoms with Crippen LogP contribution in [0.15, 0.2) is 24.3 Å². The molecular weight excluding hydrogens is 210 g/mol. The molecule has 0 saturated carbocycles. The Kier molecular flexibility index (Phi) is 3.66. The van der Waals surface area contributed by atoms with Crippen molar-refractivity contribution in [3.05, 3.63) is 29.8 Å².